The lowest BCUT2D eigenvalue weighted by Crippen LogP contribution is -2.51. The Hall–Kier alpha value is -2.41. The van der Waals surface area contributed by atoms with E-state index in [1.165, 1.54) is 6.07 Å². The van der Waals surface area contributed by atoms with Gasteiger partial charge < -0.3 is 14.7 Å². The molecule has 6 nitrogen and oxygen atoms in total. The number of halogens is 1. The van der Waals surface area contributed by atoms with Gasteiger partial charge in [-0.2, -0.15) is 0 Å². The van der Waals surface area contributed by atoms with Crippen molar-refractivity contribution in [3.05, 3.63) is 53.2 Å². The predicted octanol–water partition coefficient (Wildman–Crippen LogP) is 2.71. The predicted molar refractivity (Wildman–Crippen MR) is 91.4 cm³/mol. The maximum absolute atomic E-state index is 13.7. The number of aromatic nitrogens is 1. The van der Waals surface area contributed by atoms with Crippen LogP contribution in [0, 0.1) is 12.7 Å². The average Bonchev–Trinajstić information content (AvgIpc) is 3.11. The molecule has 25 heavy (non-hydrogen) atoms. The Kier molecular flexibility index (Phi) is 5.33. The zero-order valence-electron chi connectivity index (χ0n) is 14.5. The minimum Gasteiger partial charge on any atom is -0.364 e. The molecule has 1 aromatic heterocycles. The molecule has 0 aliphatic carbocycles. The molecule has 1 aliphatic heterocycles. The SMILES string of the molecule is Cc1ccc([C@@H](C)NC(=O)N2CCN(Cc3ccon3)CC2)cc1F. The van der Waals surface area contributed by atoms with Gasteiger partial charge in [-0.25, -0.2) is 9.18 Å². The van der Waals surface area contributed by atoms with Crippen LogP contribution in [0.1, 0.15) is 29.8 Å². The summed E-state index contributed by atoms with van der Waals surface area (Å²) in [5.41, 5.74) is 2.26. The van der Waals surface area contributed by atoms with Crippen molar-refractivity contribution in [1.29, 1.82) is 0 Å². The minimum absolute atomic E-state index is 0.116. The van der Waals surface area contributed by atoms with Crippen molar-refractivity contribution in [3.63, 3.8) is 0 Å². The summed E-state index contributed by atoms with van der Waals surface area (Å²) in [6.45, 7) is 7.19. The fourth-order valence-electron chi connectivity index (χ4n) is 2.90. The fraction of sp³-hybridized carbons (Fsp3) is 0.444. The molecule has 1 N–H and O–H groups in total. The largest absolute Gasteiger partial charge is 0.364 e. The molecule has 1 saturated heterocycles. The molecule has 3 rings (SSSR count). The Morgan fingerprint density at radius 1 is 1.32 bits per heavy atom. The Bertz CT molecular complexity index is 712. The van der Waals surface area contributed by atoms with Gasteiger partial charge in [-0.1, -0.05) is 17.3 Å². The number of hydrogen-bond donors (Lipinski definition) is 1. The Labute approximate surface area is 146 Å². The van der Waals surface area contributed by atoms with E-state index < -0.39 is 0 Å². The van der Waals surface area contributed by atoms with Gasteiger partial charge in [-0.3, -0.25) is 4.90 Å². The van der Waals surface area contributed by atoms with E-state index in [0.29, 0.717) is 18.7 Å². The first-order valence-electron chi connectivity index (χ1n) is 8.46. The highest BCUT2D eigenvalue weighted by molar-refractivity contribution is 5.74. The summed E-state index contributed by atoms with van der Waals surface area (Å²) in [6, 6.07) is 6.55. The molecule has 2 amide bonds. The second-order valence-corrected chi connectivity index (χ2v) is 6.43. The Morgan fingerprint density at radius 2 is 2.08 bits per heavy atom. The van der Waals surface area contributed by atoms with Gasteiger partial charge in [0.25, 0.3) is 0 Å². The topological polar surface area (TPSA) is 61.6 Å². The number of carbonyl (C=O) groups excluding carboxylic acids is 1. The number of urea groups is 1. The van der Waals surface area contributed by atoms with Gasteiger partial charge in [-0.05, 0) is 31.0 Å². The van der Waals surface area contributed by atoms with Crippen molar-refractivity contribution in [3.8, 4) is 0 Å². The lowest BCUT2D eigenvalue weighted by Gasteiger charge is -2.34. The average molecular weight is 346 g/mol. The second kappa shape index (κ2) is 7.65. The summed E-state index contributed by atoms with van der Waals surface area (Å²) >= 11 is 0. The smallest absolute Gasteiger partial charge is 0.317 e. The van der Waals surface area contributed by atoms with Crippen LogP contribution < -0.4 is 5.32 Å². The summed E-state index contributed by atoms with van der Waals surface area (Å²) < 4.78 is 18.5. The number of benzene rings is 1. The molecule has 0 saturated carbocycles. The van der Waals surface area contributed by atoms with Crippen molar-refractivity contribution in [2.75, 3.05) is 26.2 Å². The molecule has 0 bridgehead atoms. The molecule has 0 radical (unpaired) electrons. The number of nitrogens with zero attached hydrogens (tertiary/aromatic N) is 3. The molecule has 134 valence electrons. The van der Waals surface area contributed by atoms with Crippen LogP contribution in [0.4, 0.5) is 9.18 Å². The number of rotatable bonds is 4. The monoisotopic (exact) mass is 346 g/mol. The molecule has 1 fully saturated rings. The van der Waals surface area contributed by atoms with E-state index in [4.69, 9.17) is 4.52 Å². The third kappa shape index (κ3) is 4.36. The molecular formula is C18H23FN4O2. The first kappa shape index (κ1) is 17.4. The first-order valence-corrected chi connectivity index (χ1v) is 8.46. The van der Waals surface area contributed by atoms with Crippen LogP contribution in [0.15, 0.2) is 35.1 Å². The second-order valence-electron chi connectivity index (χ2n) is 6.43. The fourth-order valence-corrected chi connectivity index (χ4v) is 2.90. The molecule has 0 spiro atoms. The van der Waals surface area contributed by atoms with E-state index in [1.807, 2.05) is 19.1 Å². The van der Waals surface area contributed by atoms with Gasteiger partial charge in [0.05, 0.1) is 11.7 Å². The van der Waals surface area contributed by atoms with Gasteiger partial charge >= 0.3 is 6.03 Å². The van der Waals surface area contributed by atoms with Gasteiger partial charge in [-0.15, -0.1) is 0 Å². The van der Waals surface area contributed by atoms with Crippen LogP contribution in [0.3, 0.4) is 0 Å². The quantitative estimate of drug-likeness (QED) is 0.925. The number of hydrogen-bond acceptors (Lipinski definition) is 4. The number of aryl methyl sites for hydroxylation is 1. The van der Waals surface area contributed by atoms with Crippen molar-refractivity contribution in [2.45, 2.75) is 26.4 Å². The van der Waals surface area contributed by atoms with Crippen LogP contribution in [0.2, 0.25) is 0 Å². The number of piperazine rings is 1. The van der Waals surface area contributed by atoms with E-state index in [1.54, 1.807) is 24.2 Å². The van der Waals surface area contributed by atoms with E-state index in [0.717, 1.165) is 30.9 Å². The first-order chi connectivity index (χ1) is 12.0. The van der Waals surface area contributed by atoms with E-state index in [-0.39, 0.29) is 17.9 Å². The third-order valence-corrected chi connectivity index (χ3v) is 4.57. The van der Waals surface area contributed by atoms with Crippen molar-refractivity contribution < 1.29 is 13.7 Å². The molecule has 1 aliphatic rings. The highest BCUT2D eigenvalue weighted by Gasteiger charge is 2.23. The standard InChI is InChI=1S/C18H23FN4O2/c1-13-3-4-15(11-17(13)19)14(2)20-18(24)23-8-6-22(7-9-23)12-16-5-10-25-21-16/h3-5,10-11,14H,6-9,12H2,1-2H3,(H,20,24)/t14-/m1/s1. The molecule has 0 unspecified atom stereocenters. The van der Waals surface area contributed by atoms with Gasteiger partial charge in [0.15, 0.2) is 0 Å². The Morgan fingerprint density at radius 3 is 2.72 bits per heavy atom. The highest BCUT2D eigenvalue weighted by atomic mass is 19.1. The van der Waals surface area contributed by atoms with Crippen molar-refractivity contribution >= 4 is 6.03 Å². The molecule has 7 heteroatoms. The molecule has 2 aromatic rings. The van der Waals surface area contributed by atoms with Gasteiger partial charge in [0.1, 0.15) is 12.1 Å². The van der Waals surface area contributed by atoms with Crippen molar-refractivity contribution in [1.82, 2.24) is 20.3 Å². The molecule has 1 aromatic carbocycles. The Balaban J connectivity index is 1.49. The minimum atomic E-state index is -0.250. The van der Waals surface area contributed by atoms with E-state index in [2.05, 4.69) is 15.4 Å². The van der Waals surface area contributed by atoms with Crippen LogP contribution in [-0.4, -0.2) is 47.2 Å². The summed E-state index contributed by atoms with van der Waals surface area (Å²) in [4.78, 5) is 16.5. The van der Waals surface area contributed by atoms with Crippen LogP contribution in [0.5, 0.6) is 0 Å². The molecular weight excluding hydrogens is 323 g/mol. The molecule has 2 heterocycles. The molecule has 1 atom stereocenters. The van der Waals surface area contributed by atoms with Crippen LogP contribution in [0.25, 0.3) is 0 Å². The normalized spacial score (nSPS) is 16.7. The van der Waals surface area contributed by atoms with Crippen LogP contribution in [-0.2, 0) is 6.54 Å². The number of carbonyl (C=O) groups is 1. The third-order valence-electron chi connectivity index (χ3n) is 4.57. The van der Waals surface area contributed by atoms with Gasteiger partial charge in [0, 0.05) is 38.8 Å². The lowest BCUT2D eigenvalue weighted by atomic mass is 10.1. The summed E-state index contributed by atoms with van der Waals surface area (Å²) in [7, 11) is 0. The summed E-state index contributed by atoms with van der Waals surface area (Å²) in [5, 5.41) is 6.86. The van der Waals surface area contributed by atoms with E-state index >= 15 is 0 Å². The number of nitrogens with one attached hydrogen (secondary N) is 1. The lowest BCUT2D eigenvalue weighted by molar-refractivity contribution is 0.132. The summed E-state index contributed by atoms with van der Waals surface area (Å²) in [5.74, 6) is -0.250. The van der Waals surface area contributed by atoms with Crippen molar-refractivity contribution in [2.24, 2.45) is 0 Å². The van der Waals surface area contributed by atoms with E-state index in [9.17, 15) is 9.18 Å². The van der Waals surface area contributed by atoms with Gasteiger partial charge in [0.2, 0.25) is 0 Å². The number of amides is 2. The highest BCUT2D eigenvalue weighted by Crippen LogP contribution is 2.17. The maximum atomic E-state index is 13.7. The maximum Gasteiger partial charge on any atom is 0.317 e. The van der Waals surface area contributed by atoms with Crippen LogP contribution >= 0.6 is 0 Å². The zero-order valence-corrected chi connectivity index (χ0v) is 14.5. The summed E-state index contributed by atoms with van der Waals surface area (Å²) in [6.07, 6.45) is 1.56. The zero-order chi connectivity index (χ0) is 17.8.